The highest BCUT2D eigenvalue weighted by Gasteiger charge is 2.68. The number of hydrogen-bond donors (Lipinski definition) is 1. The Balaban J connectivity index is 1.28. The predicted molar refractivity (Wildman–Crippen MR) is 145 cm³/mol. The first-order valence-electron chi connectivity index (χ1n) is 13.0. The minimum absolute atomic E-state index is 0.0335. The SMILES string of the molecule is CN(C(=O)CN1CCCCC1)c1ccc(NC2(c3ccccc3)C3C(=O)N2c2ccc([N+](=O)[O-])cc23)cc1. The molecule has 0 radical (unpaired) electrons. The first-order valence-corrected chi connectivity index (χ1v) is 13.0. The second-order valence-electron chi connectivity index (χ2n) is 10.2. The number of piperidine rings is 1. The zero-order valence-electron chi connectivity index (χ0n) is 21.2. The van der Waals surface area contributed by atoms with Gasteiger partial charge in [0.2, 0.25) is 11.8 Å². The van der Waals surface area contributed by atoms with Gasteiger partial charge in [-0.05, 0) is 67.4 Å². The number of carbonyl (C=O) groups is 2. The molecule has 2 amide bonds. The average Bonchev–Trinajstić information content (AvgIpc) is 3.42. The maximum absolute atomic E-state index is 13.2. The van der Waals surface area contributed by atoms with Crippen molar-refractivity contribution in [2.24, 2.45) is 0 Å². The molecule has 194 valence electrons. The number of nitrogens with zero attached hydrogens (tertiary/aromatic N) is 4. The van der Waals surface area contributed by atoms with E-state index in [-0.39, 0.29) is 17.5 Å². The van der Waals surface area contributed by atoms with Gasteiger partial charge < -0.3 is 10.2 Å². The number of rotatable bonds is 7. The summed E-state index contributed by atoms with van der Waals surface area (Å²) in [5, 5.41) is 15.0. The van der Waals surface area contributed by atoms with Crippen molar-refractivity contribution in [3.8, 4) is 0 Å². The number of non-ortho nitro benzene ring substituents is 1. The average molecular weight is 512 g/mol. The maximum atomic E-state index is 13.2. The van der Waals surface area contributed by atoms with E-state index < -0.39 is 16.5 Å². The van der Waals surface area contributed by atoms with Crippen molar-refractivity contribution >= 4 is 34.6 Å². The van der Waals surface area contributed by atoms with Crippen molar-refractivity contribution < 1.29 is 14.5 Å². The number of nitro benzene ring substituents is 1. The Hall–Kier alpha value is -4.24. The van der Waals surface area contributed by atoms with Crippen molar-refractivity contribution in [2.75, 3.05) is 41.8 Å². The van der Waals surface area contributed by atoms with Gasteiger partial charge >= 0.3 is 0 Å². The molecule has 38 heavy (non-hydrogen) atoms. The van der Waals surface area contributed by atoms with Crippen LogP contribution in [0.15, 0.2) is 72.8 Å². The van der Waals surface area contributed by atoms with Crippen molar-refractivity contribution in [3.05, 3.63) is 94.0 Å². The number of nitro groups is 1. The number of anilines is 3. The van der Waals surface area contributed by atoms with E-state index in [0.29, 0.717) is 17.8 Å². The standard InChI is InChI=1S/C29H29N5O4/c1-31(26(35)19-32-16-6-3-7-17-32)22-12-10-21(11-13-22)30-29(20-8-4-2-5-9-20)27-24-18-23(34(37)38)14-15-25(24)33(29)28(27)36/h2,4-5,8-15,18,27,30H,3,6-7,16-17,19H2,1H3. The third-order valence-corrected chi connectivity index (χ3v) is 8.00. The lowest BCUT2D eigenvalue weighted by molar-refractivity contribution is -0.384. The van der Waals surface area contributed by atoms with Crippen molar-refractivity contribution in [2.45, 2.75) is 30.8 Å². The summed E-state index contributed by atoms with van der Waals surface area (Å²) in [5.41, 5.74) is 2.86. The highest BCUT2D eigenvalue weighted by molar-refractivity contribution is 6.16. The number of fused-ring (bicyclic) bond motifs is 5. The molecule has 3 aromatic rings. The summed E-state index contributed by atoms with van der Waals surface area (Å²) in [7, 11) is 1.79. The van der Waals surface area contributed by atoms with Crippen LogP contribution in [0, 0.1) is 10.1 Å². The molecule has 2 fully saturated rings. The third kappa shape index (κ3) is 3.73. The van der Waals surface area contributed by atoms with E-state index in [9.17, 15) is 19.7 Å². The number of carbonyl (C=O) groups excluding carboxylic acids is 2. The number of nitrogens with one attached hydrogen (secondary N) is 1. The van der Waals surface area contributed by atoms with Gasteiger partial charge in [-0.3, -0.25) is 29.5 Å². The van der Waals surface area contributed by atoms with E-state index in [1.165, 1.54) is 18.6 Å². The molecule has 3 heterocycles. The number of β-lactam (4-membered cyclic amide) rings is 1. The summed E-state index contributed by atoms with van der Waals surface area (Å²) in [5.74, 6) is -0.621. The fourth-order valence-electron chi connectivity index (χ4n) is 6.04. The molecule has 2 bridgehead atoms. The van der Waals surface area contributed by atoms with Gasteiger partial charge in [0.15, 0.2) is 5.66 Å². The monoisotopic (exact) mass is 511 g/mol. The van der Waals surface area contributed by atoms with Gasteiger partial charge in [-0.15, -0.1) is 0 Å². The lowest BCUT2D eigenvalue weighted by atomic mass is 9.76. The summed E-state index contributed by atoms with van der Waals surface area (Å²) in [6.07, 6.45) is 3.50. The lowest BCUT2D eigenvalue weighted by Crippen LogP contribution is -2.67. The molecular formula is C29H29N5O4. The van der Waals surface area contributed by atoms with Crippen LogP contribution in [0.3, 0.4) is 0 Å². The summed E-state index contributed by atoms with van der Waals surface area (Å²) in [4.78, 5) is 42.7. The molecule has 2 unspecified atom stereocenters. The smallest absolute Gasteiger partial charge is 0.269 e. The van der Waals surface area contributed by atoms with Crippen LogP contribution in [-0.4, -0.2) is 48.3 Å². The molecule has 3 aliphatic heterocycles. The predicted octanol–water partition coefficient (Wildman–Crippen LogP) is 4.45. The van der Waals surface area contributed by atoms with Crippen LogP contribution in [-0.2, 0) is 15.3 Å². The first-order chi connectivity index (χ1) is 18.4. The fraction of sp³-hybridized carbons (Fsp3) is 0.310. The number of amides is 2. The Morgan fingerprint density at radius 3 is 2.45 bits per heavy atom. The highest BCUT2D eigenvalue weighted by Crippen LogP contribution is 2.62. The Morgan fingerprint density at radius 1 is 1.05 bits per heavy atom. The van der Waals surface area contributed by atoms with Crippen LogP contribution in [0.1, 0.15) is 36.3 Å². The van der Waals surface area contributed by atoms with Crippen LogP contribution in [0.25, 0.3) is 0 Å². The van der Waals surface area contributed by atoms with Gasteiger partial charge in [-0.2, -0.15) is 0 Å². The van der Waals surface area contributed by atoms with E-state index >= 15 is 0 Å². The van der Waals surface area contributed by atoms with Crippen LogP contribution >= 0.6 is 0 Å². The Labute approximate surface area is 220 Å². The number of hydrogen-bond acceptors (Lipinski definition) is 6. The zero-order chi connectivity index (χ0) is 26.4. The summed E-state index contributed by atoms with van der Waals surface area (Å²) >= 11 is 0. The second-order valence-corrected chi connectivity index (χ2v) is 10.2. The highest BCUT2D eigenvalue weighted by atomic mass is 16.6. The quantitative estimate of drug-likeness (QED) is 0.286. The summed E-state index contributed by atoms with van der Waals surface area (Å²) in [6, 6.07) is 21.9. The van der Waals surface area contributed by atoms with Crippen molar-refractivity contribution in [3.63, 3.8) is 0 Å². The molecule has 0 aliphatic carbocycles. The van der Waals surface area contributed by atoms with Gasteiger partial charge in [-0.25, -0.2) is 0 Å². The van der Waals surface area contributed by atoms with E-state index in [0.717, 1.165) is 42.9 Å². The maximum Gasteiger partial charge on any atom is 0.269 e. The topological polar surface area (TPSA) is 99.0 Å². The molecular weight excluding hydrogens is 482 g/mol. The number of likely N-dealkylation sites (N-methyl/N-ethyl adjacent to an activating group) is 1. The Bertz CT molecular complexity index is 1400. The molecule has 2 saturated heterocycles. The van der Waals surface area contributed by atoms with Crippen LogP contribution in [0.2, 0.25) is 0 Å². The lowest BCUT2D eigenvalue weighted by Gasteiger charge is -2.52. The minimum Gasteiger partial charge on any atom is -0.358 e. The molecule has 3 aromatic carbocycles. The largest absolute Gasteiger partial charge is 0.358 e. The minimum atomic E-state index is -0.895. The summed E-state index contributed by atoms with van der Waals surface area (Å²) < 4.78 is 0. The van der Waals surface area contributed by atoms with E-state index in [4.69, 9.17) is 0 Å². The van der Waals surface area contributed by atoms with Crippen LogP contribution < -0.4 is 15.1 Å². The molecule has 0 saturated carbocycles. The van der Waals surface area contributed by atoms with Crippen molar-refractivity contribution in [1.29, 1.82) is 0 Å². The van der Waals surface area contributed by atoms with E-state index in [1.807, 2.05) is 54.6 Å². The molecule has 9 heteroatoms. The van der Waals surface area contributed by atoms with Gasteiger partial charge in [-0.1, -0.05) is 36.8 Å². The van der Waals surface area contributed by atoms with E-state index in [2.05, 4.69) is 10.2 Å². The molecule has 0 spiro atoms. The van der Waals surface area contributed by atoms with E-state index in [1.54, 1.807) is 22.9 Å². The van der Waals surface area contributed by atoms with Crippen LogP contribution in [0.5, 0.6) is 0 Å². The van der Waals surface area contributed by atoms with Crippen LogP contribution in [0.4, 0.5) is 22.7 Å². The molecule has 2 atom stereocenters. The van der Waals surface area contributed by atoms with Gasteiger partial charge in [0.25, 0.3) is 5.69 Å². The van der Waals surface area contributed by atoms with Gasteiger partial charge in [0.1, 0.15) is 5.92 Å². The summed E-state index contributed by atoms with van der Waals surface area (Å²) in [6.45, 7) is 2.34. The Morgan fingerprint density at radius 2 is 1.76 bits per heavy atom. The molecule has 6 rings (SSSR count). The molecule has 9 nitrogen and oxygen atoms in total. The zero-order valence-corrected chi connectivity index (χ0v) is 21.2. The number of likely N-dealkylation sites (tertiary alicyclic amines) is 1. The molecule has 1 N–H and O–H groups in total. The first kappa shape index (κ1) is 24.1. The third-order valence-electron chi connectivity index (χ3n) is 8.00. The number of benzene rings is 3. The second kappa shape index (κ2) is 9.25. The fourth-order valence-corrected chi connectivity index (χ4v) is 6.04. The van der Waals surface area contributed by atoms with Gasteiger partial charge in [0.05, 0.1) is 17.2 Å². The molecule has 0 aromatic heterocycles. The normalized spacial score (nSPS) is 22.0. The Kier molecular flexibility index (Phi) is 5.87. The van der Waals surface area contributed by atoms with Gasteiger partial charge in [0, 0.05) is 30.6 Å². The van der Waals surface area contributed by atoms with Crippen molar-refractivity contribution in [1.82, 2.24) is 4.90 Å². The molecule has 3 aliphatic rings.